The average Bonchev–Trinajstić information content (AvgIpc) is 3.51. The molecule has 48 heavy (non-hydrogen) atoms. The summed E-state index contributed by atoms with van der Waals surface area (Å²) >= 11 is 1.90. The minimum Gasteiger partial charge on any atom is -0.497 e. The molecule has 0 aliphatic carbocycles. The van der Waals surface area contributed by atoms with Crippen molar-refractivity contribution in [3.8, 4) is 5.75 Å². The van der Waals surface area contributed by atoms with Crippen LogP contribution in [0.4, 0.5) is 30.2 Å². The number of anilines is 3. The number of methoxy groups -OCH3 is 1. The Balaban J connectivity index is 1.40. The third-order valence-electron chi connectivity index (χ3n) is 8.57. The van der Waals surface area contributed by atoms with E-state index in [0.29, 0.717) is 21.3 Å². The van der Waals surface area contributed by atoms with Crippen LogP contribution < -0.4 is 24.7 Å². The molecule has 3 heterocycles. The zero-order chi connectivity index (χ0) is 34.3. The van der Waals surface area contributed by atoms with E-state index in [2.05, 4.69) is 10.2 Å². The van der Waals surface area contributed by atoms with Gasteiger partial charge in [-0.2, -0.15) is 13.2 Å². The summed E-state index contributed by atoms with van der Waals surface area (Å²) in [6, 6.07) is 18.8. The molecule has 250 valence electrons. The number of amides is 3. The van der Waals surface area contributed by atoms with E-state index in [1.807, 2.05) is 38.1 Å². The molecule has 2 aliphatic heterocycles. The molecule has 0 radical (unpaired) electrons. The predicted octanol–water partition coefficient (Wildman–Crippen LogP) is 6.22. The highest BCUT2D eigenvalue weighted by molar-refractivity contribution is 8.00. The van der Waals surface area contributed by atoms with Crippen LogP contribution in [0.3, 0.4) is 0 Å². The smallest absolute Gasteiger partial charge is 0.418 e. The normalized spacial score (nSPS) is 18.8. The standard InChI is InChI=1S/C34H31F3N4O5S2/c1-4-39(5-2)20-12-10-19(11-13-20)26-27-28(31(44)41(30(27)43)21-14-16-22(46-3)17-15-21)47-32-29(26)48-33(45)40(32)18-25(42)38-24-9-7-6-8-23(24)34(35,36)37/h6-17,26-28H,4-5,18H2,1-3H3,(H,38,42). The van der Waals surface area contributed by atoms with Crippen LogP contribution in [0.2, 0.25) is 0 Å². The highest BCUT2D eigenvalue weighted by Crippen LogP contribution is 2.54. The maximum absolute atomic E-state index is 14.2. The minimum absolute atomic E-state index is 0.334. The lowest BCUT2D eigenvalue weighted by molar-refractivity contribution is -0.137. The fourth-order valence-corrected chi connectivity index (χ4v) is 9.03. The number of nitrogens with zero attached hydrogens (tertiary/aromatic N) is 3. The summed E-state index contributed by atoms with van der Waals surface area (Å²) in [6.07, 6.45) is -4.70. The topological polar surface area (TPSA) is 101 Å². The number of fused-ring (bicyclic) bond motifs is 2. The van der Waals surface area contributed by atoms with Crippen molar-refractivity contribution in [2.75, 3.05) is 35.3 Å². The van der Waals surface area contributed by atoms with E-state index in [1.165, 1.54) is 23.8 Å². The fourth-order valence-electron chi connectivity index (χ4n) is 6.25. The number of halogens is 3. The van der Waals surface area contributed by atoms with Crippen LogP contribution in [0.25, 0.3) is 0 Å². The minimum atomic E-state index is -4.70. The second-order valence-corrected chi connectivity index (χ2v) is 13.4. The molecule has 14 heteroatoms. The number of thiazole rings is 1. The summed E-state index contributed by atoms with van der Waals surface area (Å²) in [5.41, 5.74) is 0.618. The van der Waals surface area contributed by atoms with Crippen LogP contribution in [0.5, 0.6) is 5.75 Å². The SMILES string of the molecule is CCN(CC)c1ccc(C2c3sc(=O)n(CC(=O)Nc4ccccc4C(F)(F)F)c3SC3C(=O)N(c4ccc(OC)cc4)C(=O)C32)cc1. The second-order valence-electron chi connectivity index (χ2n) is 11.2. The maximum Gasteiger partial charge on any atom is 0.418 e. The molecular formula is C34H31F3N4O5S2. The van der Waals surface area contributed by atoms with Crippen molar-refractivity contribution in [2.45, 2.75) is 42.8 Å². The summed E-state index contributed by atoms with van der Waals surface area (Å²) in [6.45, 7) is 5.07. The van der Waals surface area contributed by atoms with Crippen molar-refractivity contribution in [1.29, 1.82) is 0 Å². The number of hydrogen-bond donors (Lipinski definition) is 1. The van der Waals surface area contributed by atoms with Crippen LogP contribution >= 0.6 is 23.1 Å². The number of carbonyl (C=O) groups excluding carboxylic acids is 3. The van der Waals surface area contributed by atoms with Crippen LogP contribution in [0.1, 0.15) is 35.8 Å². The molecule has 1 N–H and O–H groups in total. The van der Waals surface area contributed by atoms with E-state index in [-0.39, 0.29) is 0 Å². The van der Waals surface area contributed by atoms with E-state index in [1.54, 1.807) is 24.3 Å². The highest BCUT2D eigenvalue weighted by atomic mass is 32.2. The Morgan fingerprint density at radius 3 is 2.23 bits per heavy atom. The van der Waals surface area contributed by atoms with Gasteiger partial charge in [-0.25, -0.2) is 4.90 Å². The Morgan fingerprint density at radius 2 is 1.60 bits per heavy atom. The number of rotatable bonds is 9. The number of thioether (sulfide) groups is 1. The van der Waals surface area contributed by atoms with Gasteiger partial charge in [-0.3, -0.25) is 23.7 Å². The lowest BCUT2D eigenvalue weighted by Gasteiger charge is -2.31. The molecule has 0 bridgehead atoms. The summed E-state index contributed by atoms with van der Waals surface area (Å²) in [4.78, 5) is 58.1. The van der Waals surface area contributed by atoms with Gasteiger partial charge in [0.05, 0.1) is 35.0 Å². The largest absolute Gasteiger partial charge is 0.497 e. The van der Waals surface area contributed by atoms with Crippen molar-refractivity contribution < 1.29 is 32.3 Å². The Morgan fingerprint density at radius 1 is 0.938 bits per heavy atom. The molecule has 1 aromatic heterocycles. The molecular weight excluding hydrogens is 666 g/mol. The molecule has 3 atom stereocenters. The van der Waals surface area contributed by atoms with Crippen LogP contribution in [-0.4, -0.2) is 47.7 Å². The van der Waals surface area contributed by atoms with Crippen molar-refractivity contribution >= 4 is 57.9 Å². The van der Waals surface area contributed by atoms with Gasteiger partial charge in [0.15, 0.2) is 0 Å². The number of benzene rings is 3. The van der Waals surface area contributed by atoms with Gasteiger partial charge in [-0.15, -0.1) is 0 Å². The lowest BCUT2D eigenvalue weighted by atomic mass is 9.83. The third kappa shape index (κ3) is 5.98. The average molecular weight is 697 g/mol. The molecule has 9 nitrogen and oxygen atoms in total. The van der Waals surface area contributed by atoms with Crippen molar-refractivity contribution in [3.63, 3.8) is 0 Å². The zero-order valence-corrected chi connectivity index (χ0v) is 27.7. The third-order valence-corrected chi connectivity index (χ3v) is 11.2. The molecule has 3 aromatic carbocycles. The molecule has 1 fully saturated rings. The predicted molar refractivity (Wildman–Crippen MR) is 179 cm³/mol. The second kappa shape index (κ2) is 13.2. The first-order valence-electron chi connectivity index (χ1n) is 15.2. The Bertz CT molecular complexity index is 1920. The highest BCUT2D eigenvalue weighted by Gasteiger charge is 2.57. The zero-order valence-electron chi connectivity index (χ0n) is 26.1. The molecule has 6 rings (SSSR count). The summed E-state index contributed by atoms with van der Waals surface area (Å²) in [7, 11) is 1.51. The molecule has 3 amide bonds. The van der Waals surface area contributed by atoms with E-state index < -0.39 is 63.7 Å². The lowest BCUT2D eigenvalue weighted by Crippen LogP contribution is -2.33. The van der Waals surface area contributed by atoms with Gasteiger partial charge in [0, 0.05) is 29.6 Å². The van der Waals surface area contributed by atoms with Gasteiger partial charge < -0.3 is 15.0 Å². The van der Waals surface area contributed by atoms with Gasteiger partial charge in [0.25, 0.3) is 0 Å². The molecule has 1 saturated heterocycles. The summed E-state index contributed by atoms with van der Waals surface area (Å²) < 4.78 is 47.2. The number of carbonyl (C=O) groups is 3. The number of ether oxygens (including phenoxy) is 1. The first kappa shape index (κ1) is 33.3. The van der Waals surface area contributed by atoms with E-state index in [4.69, 9.17) is 4.74 Å². The summed E-state index contributed by atoms with van der Waals surface area (Å²) in [5, 5.41) is 1.70. The van der Waals surface area contributed by atoms with Crippen molar-refractivity contribution in [1.82, 2.24) is 4.57 Å². The molecule has 2 aliphatic rings. The number of aromatic nitrogens is 1. The van der Waals surface area contributed by atoms with Gasteiger partial charge in [-0.05, 0) is 67.9 Å². The molecule has 0 saturated carbocycles. The quantitative estimate of drug-likeness (QED) is 0.208. The number of hydrogen-bond acceptors (Lipinski definition) is 8. The Labute approximate surface area is 282 Å². The van der Waals surface area contributed by atoms with Crippen molar-refractivity contribution in [3.05, 3.63) is 98.5 Å². The van der Waals surface area contributed by atoms with E-state index >= 15 is 0 Å². The monoisotopic (exact) mass is 696 g/mol. The first-order chi connectivity index (χ1) is 23.0. The van der Waals surface area contributed by atoms with E-state index in [9.17, 15) is 32.3 Å². The number of nitrogens with one attached hydrogen (secondary N) is 1. The van der Waals surface area contributed by atoms with Gasteiger partial charge in [0.2, 0.25) is 17.7 Å². The Hall–Kier alpha value is -4.56. The molecule has 0 spiro atoms. The first-order valence-corrected chi connectivity index (χ1v) is 16.9. The number of imide groups is 1. The summed E-state index contributed by atoms with van der Waals surface area (Å²) in [5.74, 6) is -2.71. The fraction of sp³-hybridized carbons (Fsp3) is 0.294. The van der Waals surface area contributed by atoms with Crippen LogP contribution in [-0.2, 0) is 27.1 Å². The number of para-hydroxylation sites is 1. The number of alkyl halides is 3. The molecule has 4 aromatic rings. The van der Waals surface area contributed by atoms with Gasteiger partial charge >= 0.3 is 11.0 Å². The molecule has 3 unspecified atom stereocenters. The van der Waals surface area contributed by atoms with Gasteiger partial charge in [0.1, 0.15) is 17.5 Å². The van der Waals surface area contributed by atoms with Crippen LogP contribution in [0.15, 0.2) is 82.6 Å². The van der Waals surface area contributed by atoms with E-state index in [0.717, 1.165) is 64.5 Å². The van der Waals surface area contributed by atoms with Crippen LogP contribution in [0, 0.1) is 5.92 Å². The maximum atomic E-state index is 14.2. The Kier molecular flexibility index (Phi) is 9.14. The van der Waals surface area contributed by atoms with Crippen molar-refractivity contribution in [2.24, 2.45) is 5.92 Å². The van der Waals surface area contributed by atoms with Gasteiger partial charge in [-0.1, -0.05) is 47.4 Å².